The standard InChI is InChI=1S/C12H14NO3.C6H4.V.Y/c1-7-5-4-6-8(2)10(7)11(14)13-9(3)12(15)16;1-2-4-6-5-3-1;;/h4-6,9H,3H2,1-2H3,(H,13,14)(H,15,16);1-2,5-6H;;/q-1;-2;+2;. The van der Waals surface area contributed by atoms with E-state index in [-0.39, 0.29) is 51.3 Å². The van der Waals surface area contributed by atoms with Crippen LogP contribution in [0.4, 0.5) is 0 Å². The minimum absolute atomic E-state index is 0. The molecule has 0 saturated carbocycles. The molecule has 2 rings (SSSR count). The van der Waals surface area contributed by atoms with Gasteiger partial charge in [0.2, 0.25) is 5.91 Å². The smallest absolute Gasteiger partial charge is 0.482 e. The molecule has 122 valence electrons. The van der Waals surface area contributed by atoms with Crippen LogP contribution >= 0.6 is 0 Å². The van der Waals surface area contributed by atoms with Gasteiger partial charge in [0.25, 0.3) is 5.97 Å². The van der Waals surface area contributed by atoms with Crippen molar-refractivity contribution in [3.05, 3.63) is 78.2 Å². The van der Waals surface area contributed by atoms with Crippen LogP contribution in [0.1, 0.15) is 21.5 Å². The van der Waals surface area contributed by atoms with Gasteiger partial charge in [0.15, 0.2) is 0 Å². The second-order valence-corrected chi connectivity index (χ2v) is 4.63. The largest absolute Gasteiger partial charge is 2.00 e. The number of aliphatic carboxylic acids is 1. The number of aryl methyl sites for hydroxylation is 2. The number of carbonyl (C=O) groups is 2. The van der Waals surface area contributed by atoms with Gasteiger partial charge in [-0.3, -0.25) is 33.9 Å². The van der Waals surface area contributed by atoms with Crippen LogP contribution in [0.5, 0.6) is 0 Å². The van der Waals surface area contributed by atoms with E-state index in [0.29, 0.717) is 5.56 Å². The van der Waals surface area contributed by atoms with Gasteiger partial charge < -0.3 is 29.5 Å². The van der Waals surface area contributed by atoms with Crippen molar-refractivity contribution >= 4 is 11.9 Å². The summed E-state index contributed by atoms with van der Waals surface area (Å²) >= 11 is 0. The minimum Gasteiger partial charge on any atom is -0.482 e. The summed E-state index contributed by atoms with van der Waals surface area (Å²) in [6, 6.07) is 17.3. The topological polar surface area (TPSA) is 66.4 Å². The Morgan fingerprint density at radius 3 is 1.83 bits per heavy atom. The first-order valence-electron chi connectivity index (χ1n) is 6.68. The van der Waals surface area contributed by atoms with Crippen molar-refractivity contribution in [3.63, 3.8) is 0 Å². The van der Waals surface area contributed by atoms with Crippen molar-refractivity contribution in [2.45, 2.75) is 19.9 Å². The van der Waals surface area contributed by atoms with Gasteiger partial charge in [0.05, 0.1) is 0 Å². The molecule has 0 saturated heterocycles. The van der Waals surface area contributed by atoms with Crippen LogP contribution in [0.15, 0.2) is 42.5 Å². The van der Waals surface area contributed by atoms with E-state index in [1.807, 2.05) is 30.3 Å². The molecule has 0 aromatic heterocycles. The van der Waals surface area contributed by atoms with Crippen LogP contribution in [-0.4, -0.2) is 23.0 Å². The maximum atomic E-state index is 11.8. The quantitative estimate of drug-likeness (QED) is 0.728. The Bertz CT molecular complexity index is 588. The first-order chi connectivity index (χ1) is 10.4. The normalized spacial score (nSPS) is 9.96. The molecular weight excluding hydrogens is 418 g/mol. The number of rotatable bonds is 3. The molecule has 2 N–H and O–H groups in total. The summed E-state index contributed by atoms with van der Waals surface area (Å²) in [6.07, 6.45) is 0. The van der Waals surface area contributed by atoms with Crippen molar-refractivity contribution in [1.82, 2.24) is 5.32 Å². The Morgan fingerprint density at radius 2 is 1.50 bits per heavy atom. The monoisotopic (exact) mass is 436 g/mol. The first kappa shape index (κ1) is 25.3. The summed E-state index contributed by atoms with van der Waals surface area (Å²) < 4.78 is 0. The van der Waals surface area contributed by atoms with Gasteiger partial charge in [-0.2, -0.15) is 0 Å². The SMILES string of the molecule is [CH2-]C(NC(=O)c1c(C)cccc1C)C(=O)O.[V+2].[Y].[c-]1cc[c-]cc1. The zero-order valence-electron chi connectivity index (χ0n) is 13.6. The number of nitrogens with one attached hydrogen (secondary N) is 1. The van der Waals surface area contributed by atoms with Crippen LogP contribution in [0.3, 0.4) is 0 Å². The van der Waals surface area contributed by atoms with Gasteiger partial charge >= 0.3 is 18.6 Å². The van der Waals surface area contributed by atoms with Crippen LogP contribution in [0, 0.1) is 32.9 Å². The van der Waals surface area contributed by atoms with E-state index in [1.54, 1.807) is 26.0 Å². The molecule has 4 nitrogen and oxygen atoms in total. The Labute approximate surface area is 180 Å². The van der Waals surface area contributed by atoms with Crippen LogP contribution in [0.2, 0.25) is 0 Å². The third kappa shape index (κ3) is 8.79. The molecule has 2 aromatic carbocycles. The van der Waals surface area contributed by atoms with Crippen molar-refractivity contribution in [2.75, 3.05) is 0 Å². The van der Waals surface area contributed by atoms with E-state index in [2.05, 4.69) is 24.4 Å². The van der Waals surface area contributed by atoms with Gasteiger partial charge in [0.1, 0.15) is 0 Å². The van der Waals surface area contributed by atoms with E-state index in [4.69, 9.17) is 5.11 Å². The first-order valence-corrected chi connectivity index (χ1v) is 6.68. The molecule has 2 aromatic rings. The second-order valence-electron chi connectivity index (χ2n) is 4.63. The predicted molar refractivity (Wildman–Crippen MR) is 84.3 cm³/mol. The maximum Gasteiger partial charge on any atom is 2.00 e. The number of carboxylic acids is 1. The summed E-state index contributed by atoms with van der Waals surface area (Å²) in [5.41, 5.74) is 2.14. The Morgan fingerprint density at radius 1 is 1.08 bits per heavy atom. The molecule has 1 amide bonds. The molecule has 0 aliphatic carbocycles. The Balaban J connectivity index is 0. The molecule has 1 unspecified atom stereocenters. The fraction of sp³-hybridized carbons (Fsp3) is 0.167. The van der Waals surface area contributed by atoms with Crippen molar-refractivity contribution in [2.24, 2.45) is 0 Å². The van der Waals surface area contributed by atoms with Crippen molar-refractivity contribution in [1.29, 1.82) is 0 Å². The van der Waals surface area contributed by atoms with E-state index in [1.165, 1.54) is 0 Å². The van der Waals surface area contributed by atoms with Crippen LogP contribution in [-0.2, 0) is 56.1 Å². The van der Waals surface area contributed by atoms with Crippen LogP contribution < -0.4 is 5.32 Å². The molecule has 0 heterocycles. The van der Waals surface area contributed by atoms with Crippen molar-refractivity contribution < 1.29 is 66.0 Å². The minimum atomic E-state index is -1.15. The van der Waals surface area contributed by atoms with Crippen LogP contribution in [0.25, 0.3) is 0 Å². The average molecular weight is 436 g/mol. The number of carboxylic acid groups (broad SMARTS) is 1. The molecule has 24 heavy (non-hydrogen) atoms. The third-order valence-electron chi connectivity index (χ3n) is 2.86. The Hall–Kier alpha value is -0.932. The molecule has 2 radical (unpaired) electrons. The molecular formula is C18H18NO3VY-. The molecule has 6 heteroatoms. The fourth-order valence-electron chi connectivity index (χ4n) is 1.77. The maximum absolute atomic E-state index is 11.8. The second kappa shape index (κ2) is 13.4. The molecule has 1 atom stereocenters. The summed E-state index contributed by atoms with van der Waals surface area (Å²) in [6.45, 7) is 6.94. The summed E-state index contributed by atoms with van der Waals surface area (Å²) in [7, 11) is 0. The molecule has 0 aliphatic rings. The molecule has 0 fully saturated rings. The van der Waals surface area contributed by atoms with E-state index in [9.17, 15) is 9.59 Å². The number of benzene rings is 2. The Kier molecular flexibility index (Phi) is 14.1. The van der Waals surface area contributed by atoms with Gasteiger partial charge in [-0.05, 0) is 25.0 Å². The van der Waals surface area contributed by atoms with E-state index < -0.39 is 17.9 Å². The summed E-state index contributed by atoms with van der Waals surface area (Å²) in [5, 5.41) is 11.0. The van der Waals surface area contributed by atoms with E-state index >= 15 is 0 Å². The average Bonchev–Trinajstić information content (AvgIpc) is 2.49. The van der Waals surface area contributed by atoms with Gasteiger partial charge in [-0.15, -0.1) is 0 Å². The van der Waals surface area contributed by atoms with Gasteiger partial charge in [-0.1, -0.05) is 18.2 Å². The summed E-state index contributed by atoms with van der Waals surface area (Å²) in [5.74, 6) is -1.56. The molecule has 0 spiro atoms. The van der Waals surface area contributed by atoms with Crippen molar-refractivity contribution in [3.8, 4) is 0 Å². The van der Waals surface area contributed by atoms with Gasteiger partial charge in [0, 0.05) is 44.3 Å². The van der Waals surface area contributed by atoms with Gasteiger partial charge in [-0.25, -0.2) is 0 Å². The fourth-order valence-corrected chi connectivity index (χ4v) is 1.77. The third-order valence-corrected chi connectivity index (χ3v) is 2.86. The number of amides is 1. The zero-order chi connectivity index (χ0) is 16.5. The zero-order valence-corrected chi connectivity index (χ0v) is 17.8. The number of hydrogen-bond acceptors (Lipinski definition) is 2. The summed E-state index contributed by atoms with van der Waals surface area (Å²) in [4.78, 5) is 22.3. The number of hydrogen-bond donors (Lipinski definition) is 2. The number of carbonyl (C=O) groups excluding carboxylic acids is 1. The van der Waals surface area contributed by atoms with E-state index in [0.717, 1.165) is 11.1 Å². The molecule has 0 aliphatic heterocycles. The predicted octanol–water partition coefficient (Wildman–Crippen LogP) is 2.60. The molecule has 0 bridgehead atoms.